The smallest absolute Gasteiger partial charge is 0.330 e. The normalized spacial score (nSPS) is 23.9. The molecule has 1 N–H and O–H groups in total. The molecular formula is C21H27N5O5. The zero-order valence-electron chi connectivity index (χ0n) is 17.6. The quantitative estimate of drug-likeness (QED) is 0.268. The first kappa shape index (κ1) is 22.8. The first-order chi connectivity index (χ1) is 15.0. The van der Waals surface area contributed by atoms with Gasteiger partial charge in [0, 0.05) is 36.7 Å². The Hall–Kier alpha value is -2.91. The molecule has 10 nitrogen and oxygen atoms in total. The number of rotatable bonds is 10. The first-order valence-electron chi connectivity index (χ1n) is 10.2. The molecule has 2 aromatic rings. The van der Waals surface area contributed by atoms with Gasteiger partial charge in [0.1, 0.15) is 6.10 Å². The van der Waals surface area contributed by atoms with E-state index in [9.17, 15) is 9.59 Å². The molecule has 1 unspecified atom stereocenters. The molecule has 5 atom stereocenters. The monoisotopic (exact) mass is 429 g/mol. The summed E-state index contributed by atoms with van der Waals surface area (Å²) in [6.45, 7) is 2.75. The molecule has 0 radical (unpaired) electrons. The second kappa shape index (κ2) is 10.9. The van der Waals surface area contributed by atoms with E-state index in [1.165, 1.54) is 16.8 Å². The lowest BCUT2D eigenvalue weighted by Crippen LogP contribution is -2.36. The van der Waals surface area contributed by atoms with Crippen LogP contribution in [-0.2, 0) is 20.8 Å². The number of aromatic nitrogens is 2. The molecule has 10 heteroatoms. The molecule has 3 rings (SSSR count). The molecular weight excluding hydrogens is 402 g/mol. The number of ether oxygens (including phenoxy) is 3. The Kier molecular flexibility index (Phi) is 8.02. The molecule has 1 aromatic heterocycles. The lowest BCUT2D eigenvalue weighted by Gasteiger charge is -2.27. The number of nitrogens with zero attached hydrogens (tertiary/aromatic N) is 4. The fraction of sp³-hybridized carbons (Fsp3) is 0.524. The van der Waals surface area contributed by atoms with Crippen LogP contribution in [0.1, 0.15) is 31.6 Å². The van der Waals surface area contributed by atoms with Crippen LogP contribution in [0.5, 0.6) is 0 Å². The molecule has 0 bridgehead atoms. The Morgan fingerprint density at radius 3 is 2.74 bits per heavy atom. The molecule has 1 fully saturated rings. The van der Waals surface area contributed by atoms with Crippen LogP contribution in [0.2, 0.25) is 0 Å². The van der Waals surface area contributed by atoms with E-state index in [1.54, 1.807) is 7.11 Å². The van der Waals surface area contributed by atoms with Crippen molar-refractivity contribution in [2.24, 2.45) is 11.0 Å². The van der Waals surface area contributed by atoms with Crippen molar-refractivity contribution in [2.45, 2.75) is 50.9 Å². The van der Waals surface area contributed by atoms with Gasteiger partial charge in [-0.1, -0.05) is 42.4 Å². The highest BCUT2D eigenvalue weighted by Crippen LogP contribution is 2.38. The third kappa shape index (κ3) is 5.62. The van der Waals surface area contributed by atoms with Crippen molar-refractivity contribution in [3.63, 3.8) is 0 Å². The predicted octanol–water partition coefficient (Wildman–Crippen LogP) is 2.76. The SMILES string of the molecule is COC1[C@@H](C)[C@@H]([C@@H](CCCN=[N+]=[N-])OCc2ccccc2)O[C@H]1n1ccc(=O)[nH]c1=O. The topological polar surface area (TPSA) is 131 Å². The summed E-state index contributed by atoms with van der Waals surface area (Å²) in [5.74, 6) is -0.0888. The van der Waals surface area contributed by atoms with E-state index in [-0.39, 0.29) is 18.1 Å². The average molecular weight is 429 g/mol. The summed E-state index contributed by atoms with van der Waals surface area (Å²) >= 11 is 0. The number of nitrogens with one attached hydrogen (secondary N) is 1. The average Bonchev–Trinajstić information content (AvgIpc) is 3.09. The van der Waals surface area contributed by atoms with E-state index in [4.69, 9.17) is 19.7 Å². The molecule has 1 aliphatic rings. The van der Waals surface area contributed by atoms with Crippen LogP contribution >= 0.6 is 0 Å². The number of aromatic amines is 1. The van der Waals surface area contributed by atoms with Crippen molar-refractivity contribution in [1.82, 2.24) is 9.55 Å². The van der Waals surface area contributed by atoms with Crippen molar-refractivity contribution >= 4 is 0 Å². The number of H-pyrrole nitrogens is 1. The number of benzene rings is 1. The maximum absolute atomic E-state index is 12.3. The lowest BCUT2D eigenvalue weighted by molar-refractivity contribution is -0.109. The molecule has 0 saturated carbocycles. The Morgan fingerprint density at radius 1 is 1.29 bits per heavy atom. The minimum Gasteiger partial charge on any atom is -0.376 e. The van der Waals surface area contributed by atoms with Gasteiger partial charge in [-0.15, -0.1) is 0 Å². The molecule has 0 amide bonds. The fourth-order valence-corrected chi connectivity index (χ4v) is 3.95. The highest BCUT2D eigenvalue weighted by Gasteiger charge is 2.47. The molecule has 0 spiro atoms. The number of hydrogen-bond acceptors (Lipinski definition) is 6. The van der Waals surface area contributed by atoms with E-state index in [1.807, 2.05) is 37.3 Å². The van der Waals surface area contributed by atoms with Crippen LogP contribution in [0.25, 0.3) is 10.4 Å². The van der Waals surface area contributed by atoms with E-state index in [0.29, 0.717) is 26.0 Å². The summed E-state index contributed by atoms with van der Waals surface area (Å²) in [6, 6.07) is 11.1. The predicted molar refractivity (Wildman–Crippen MR) is 113 cm³/mol. The van der Waals surface area contributed by atoms with E-state index >= 15 is 0 Å². The summed E-state index contributed by atoms with van der Waals surface area (Å²) < 4.78 is 19.5. The van der Waals surface area contributed by atoms with Crippen molar-refractivity contribution in [1.29, 1.82) is 0 Å². The van der Waals surface area contributed by atoms with Gasteiger partial charge >= 0.3 is 5.69 Å². The van der Waals surface area contributed by atoms with Crippen molar-refractivity contribution in [3.05, 3.63) is 79.4 Å². The second-order valence-corrected chi connectivity index (χ2v) is 7.50. The Bertz CT molecular complexity index is 1000. The summed E-state index contributed by atoms with van der Waals surface area (Å²) in [7, 11) is 1.57. The maximum atomic E-state index is 12.3. The number of hydrogen-bond donors (Lipinski definition) is 1. The standard InChI is InChI=1S/C21H27N5O5/c1-14-18(31-20(19(14)29-2)26-12-10-17(27)24-21(26)28)16(9-6-11-23-25-22)30-13-15-7-4-3-5-8-15/h3-5,7-8,10,12,14,16,18-20H,6,9,11,13H2,1-2H3,(H,24,27,28)/t14-,16+,18-,19?,20+/m0/s1. The largest absolute Gasteiger partial charge is 0.376 e. The van der Waals surface area contributed by atoms with Crippen molar-refractivity contribution < 1.29 is 14.2 Å². The van der Waals surface area contributed by atoms with Gasteiger partial charge in [0.2, 0.25) is 0 Å². The molecule has 0 aliphatic carbocycles. The van der Waals surface area contributed by atoms with Gasteiger partial charge in [-0.2, -0.15) is 0 Å². The van der Waals surface area contributed by atoms with Gasteiger partial charge in [0.15, 0.2) is 6.23 Å². The summed E-state index contributed by atoms with van der Waals surface area (Å²) in [6.07, 6.45) is 0.896. The summed E-state index contributed by atoms with van der Waals surface area (Å²) in [5, 5.41) is 3.60. The van der Waals surface area contributed by atoms with Crippen molar-refractivity contribution in [3.8, 4) is 0 Å². The lowest BCUT2D eigenvalue weighted by atomic mass is 9.94. The van der Waals surface area contributed by atoms with Gasteiger partial charge in [0.25, 0.3) is 5.56 Å². The van der Waals surface area contributed by atoms with Crippen LogP contribution in [0, 0.1) is 5.92 Å². The summed E-state index contributed by atoms with van der Waals surface area (Å²) in [4.78, 5) is 28.8. The van der Waals surface area contributed by atoms with E-state index < -0.39 is 23.6 Å². The summed E-state index contributed by atoms with van der Waals surface area (Å²) in [5.41, 5.74) is 8.54. The van der Waals surface area contributed by atoms with Crippen LogP contribution in [0.15, 0.2) is 57.3 Å². The second-order valence-electron chi connectivity index (χ2n) is 7.50. The Morgan fingerprint density at radius 2 is 2.06 bits per heavy atom. The van der Waals surface area contributed by atoms with Crippen LogP contribution < -0.4 is 11.2 Å². The maximum Gasteiger partial charge on any atom is 0.330 e. The zero-order chi connectivity index (χ0) is 22.2. The van der Waals surface area contributed by atoms with Crippen LogP contribution in [0.4, 0.5) is 0 Å². The molecule has 1 aromatic carbocycles. The first-order valence-corrected chi connectivity index (χ1v) is 10.2. The molecule has 166 valence electrons. The Balaban J connectivity index is 1.81. The van der Waals surface area contributed by atoms with Gasteiger partial charge in [0.05, 0.1) is 18.8 Å². The van der Waals surface area contributed by atoms with Gasteiger partial charge in [-0.25, -0.2) is 4.79 Å². The molecule has 31 heavy (non-hydrogen) atoms. The minimum atomic E-state index is -0.700. The Labute approximate surface area is 179 Å². The molecule has 2 heterocycles. The molecule has 1 saturated heterocycles. The van der Waals surface area contributed by atoms with Gasteiger partial charge in [-0.05, 0) is 23.9 Å². The third-order valence-corrected chi connectivity index (χ3v) is 5.49. The molecule has 1 aliphatic heterocycles. The van der Waals surface area contributed by atoms with Gasteiger partial charge in [-0.3, -0.25) is 14.3 Å². The van der Waals surface area contributed by atoms with E-state index in [0.717, 1.165) is 5.56 Å². The number of azide groups is 1. The van der Waals surface area contributed by atoms with Crippen LogP contribution in [-0.4, -0.2) is 41.5 Å². The minimum absolute atomic E-state index is 0.0888. The zero-order valence-corrected chi connectivity index (χ0v) is 17.6. The number of methoxy groups -OCH3 is 1. The van der Waals surface area contributed by atoms with Crippen molar-refractivity contribution in [2.75, 3.05) is 13.7 Å². The van der Waals surface area contributed by atoms with E-state index in [2.05, 4.69) is 15.0 Å². The highest BCUT2D eigenvalue weighted by molar-refractivity contribution is 5.13. The van der Waals surface area contributed by atoms with Gasteiger partial charge < -0.3 is 14.2 Å². The van der Waals surface area contributed by atoms with Crippen LogP contribution in [0.3, 0.4) is 0 Å². The highest BCUT2D eigenvalue weighted by atomic mass is 16.6. The fourth-order valence-electron chi connectivity index (χ4n) is 3.95. The third-order valence-electron chi connectivity index (χ3n) is 5.49.